The van der Waals surface area contributed by atoms with E-state index in [0.29, 0.717) is 11.7 Å². The monoisotopic (exact) mass is 429 g/mol. The minimum atomic E-state index is -3.73. The molecule has 1 aliphatic carbocycles. The van der Waals surface area contributed by atoms with Crippen LogP contribution in [0.1, 0.15) is 43.2 Å². The number of aryl methyl sites for hydroxylation is 2. The van der Waals surface area contributed by atoms with Crippen LogP contribution in [-0.2, 0) is 14.8 Å². The molecule has 1 amide bonds. The normalized spacial score (nSPS) is 15.2. The van der Waals surface area contributed by atoms with Crippen molar-refractivity contribution in [3.63, 3.8) is 0 Å². The highest BCUT2D eigenvalue weighted by Crippen LogP contribution is 2.23. The van der Waals surface area contributed by atoms with Crippen molar-refractivity contribution < 1.29 is 13.2 Å². The van der Waals surface area contributed by atoms with Crippen LogP contribution in [0.4, 0.5) is 11.4 Å². The summed E-state index contributed by atoms with van der Waals surface area (Å²) in [5.41, 5.74) is 3.60. The van der Waals surface area contributed by atoms with Crippen LogP contribution in [0.25, 0.3) is 0 Å². The Kier molecular flexibility index (Phi) is 7.15. The molecule has 1 aliphatic rings. The van der Waals surface area contributed by atoms with Crippen molar-refractivity contribution in [2.75, 3.05) is 24.2 Å². The Hall–Kier alpha value is -2.38. The van der Waals surface area contributed by atoms with Gasteiger partial charge in [0, 0.05) is 24.5 Å². The lowest BCUT2D eigenvalue weighted by Gasteiger charge is -2.24. The summed E-state index contributed by atoms with van der Waals surface area (Å²) in [5.74, 6) is -0.377. The summed E-state index contributed by atoms with van der Waals surface area (Å²) in [6, 6.07) is 13.1. The van der Waals surface area contributed by atoms with Crippen LogP contribution in [-0.4, -0.2) is 38.3 Å². The van der Waals surface area contributed by atoms with Crippen molar-refractivity contribution in [3.8, 4) is 0 Å². The molecular formula is C23H31N3O3S. The quantitative estimate of drug-likeness (QED) is 0.688. The van der Waals surface area contributed by atoms with Crippen molar-refractivity contribution in [1.29, 1.82) is 0 Å². The zero-order chi connectivity index (χ0) is 21.7. The van der Waals surface area contributed by atoms with Crippen LogP contribution < -0.4 is 10.6 Å². The van der Waals surface area contributed by atoms with Crippen LogP contribution >= 0.6 is 0 Å². The second-order valence-corrected chi connectivity index (χ2v) is 10.2. The molecule has 30 heavy (non-hydrogen) atoms. The van der Waals surface area contributed by atoms with Gasteiger partial charge in [-0.1, -0.05) is 25.3 Å². The molecule has 3 rings (SSSR count). The van der Waals surface area contributed by atoms with Crippen LogP contribution in [0, 0.1) is 13.8 Å². The van der Waals surface area contributed by atoms with E-state index in [1.807, 2.05) is 38.1 Å². The van der Waals surface area contributed by atoms with Crippen molar-refractivity contribution in [1.82, 2.24) is 4.31 Å². The zero-order valence-electron chi connectivity index (χ0n) is 17.9. The third kappa shape index (κ3) is 5.61. The molecule has 0 saturated heterocycles. The van der Waals surface area contributed by atoms with Crippen molar-refractivity contribution >= 4 is 27.3 Å². The number of rotatable bonds is 7. The maximum atomic E-state index is 12.8. The molecule has 162 valence electrons. The van der Waals surface area contributed by atoms with Gasteiger partial charge in [0.2, 0.25) is 15.9 Å². The maximum absolute atomic E-state index is 12.8. The van der Waals surface area contributed by atoms with E-state index in [4.69, 9.17) is 0 Å². The summed E-state index contributed by atoms with van der Waals surface area (Å²) in [4.78, 5) is 12.6. The summed E-state index contributed by atoms with van der Waals surface area (Å²) in [6.07, 6.45) is 6.24. The molecule has 0 spiro atoms. The van der Waals surface area contributed by atoms with Crippen molar-refractivity contribution in [3.05, 3.63) is 53.6 Å². The van der Waals surface area contributed by atoms with Gasteiger partial charge in [-0.15, -0.1) is 0 Å². The number of amides is 1. The van der Waals surface area contributed by atoms with E-state index in [2.05, 4.69) is 10.6 Å². The van der Waals surface area contributed by atoms with Crippen LogP contribution in [0.3, 0.4) is 0 Å². The first-order chi connectivity index (χ1) is 14.3. The largest absolute Gasteiger partial charge is 0.382 e. The number of benzene rings is 2. The van der Waals surface area contributed by atoms with Gasteiger partial charge in [-0.05, 0) is 74.2 Å². The lowest BCUT2D eigenvalue weighted by molar-refractivity contribution is -0.116. The number of sulfonamides is 1. The number of nitrogens with one attached hydrogen (secondary N) is 2. The molecule has 1 saturated carbocycles. The van der Waals surface area contributed by atoms with Gasteiger partial charge in [0.05, 0.1) is 11.4 Å². The zero-order valence-corrected chi connectivity index (χ0v) is 18.8. The first-order valence-corrected chi connectivity index (χ1v) is 11.9. The van der Waals surface area contributed by atoms with Crippen molar-refractivity contribution in [2.24, 2.45) is 0 Å². The van der Waals surface area contributed by atoms with Crippen molar-refractivity contribution in [2.45, 2.75) is 56.9 Å². The number of nitrogens with zero attached hydrogens (tertiary/aromatic N) is 1. The lowest BCUT2D eigenvalue weighted by Crippen LogP contribution is -2.35. The molecular weight excluding hydrogens is 398 g/mol. The Morgan fingerprint density at radius 2 is 1.60 bits per heavy atom. The molecule has 7 heteroatoms. The summed E-state index contributed by atoms with van der Waals surface area (Å²) >= 11 is 0. The average Bonchev–Trinajstić information content (AvgIpc) is 2.72. The summed E-state index contributed by atoms with van der Waals surface area (Å²) in [6.45, 7) is 3.55. The first kappa shape index (κ1) is 22.3. The van der Waals surface area contributed by atoms with E-state index < -0.39 is 10.0 Å². The van der Waals surface area contributed by atoms with Gasteiger partial charge in [-0.2, -0.15) is 4.31 Å². The molecule has 2 aromatic rings. The van der Waals surface area contributed by atoms with Crippen LogP contribution in [0.15, 0.2) is 47.4 Å². The second kappa shape index (κ2) is 9.62. The standard InChI is InChI=1S/C23H31N3O3S/c1-17-9-14-22(15-18(17)2)30(28,29)26(3)16-23(27)25-21-12-10-20(11-13-21)24-19-7-5-4-6-8-19/h9-15,19,24H,4-8,16H2,1-3H3,(H,25,27). The predicted molar refractivity (Wildman–Crippen MR) is 121 cm³/mol. The molecule has 1 fully saturated rings. The van der Waals surface area contributed by atoms with Gasteiger partial charge in [0.25, 0.3) is 0 Å². The van der Waals surface area contributed by atoms with Gasteiger partial charge in [0.1, 0.15) is 0 Å². The topological polar surface area (TPSA) is 78.5 Å². The predicted octanol–water partition coefficient (Wildman–Crippen LogP) is 4.31. The SMILES string of the molecule is Cc1ccc(S(=O)(=O)N(C)CC(=O)Nc2ccc(NC3CCCCC3)cc2)cc1C. The van der Waals surface area contributed by atoms with Gasteiger partial charge in [-0.3, -0.25) is 4.79 Å². The number of carbonyl (C=O) groups excluding carboxylic acids is 1. The molecule has 0 bridgehead atoms. The fourth-order valence-electron chi connectivity index (χ4n) is 3.67. The highest BCUT2D eigenvalue weighted by Gasteiger charge is 2.23. The smallest absolute Gasteiger partial charge is 0.243 e. The first-order valence-electron chi connectivity index (χ1n) is 10.5. The number of likely N-dealkylation sites (N-methyl/N-ethyl adjacent to an activating group) is 1. The van der Waals surface area contributed by atoms with Gasteiger partial charge in [-0.25, -0.2) is 8.42 Å². The summed E-state index contributed by atoms with van der Waals surface area (Å²) in [5, 5.41) is 6.31. The fourth-order valence-corrected chi connectivity index (χ4v) is 4.89. The van der Waals surface area contributed by atoms with Crippen LogP contribution in [0.5, 0.6) is 0 Å². The highest BCUT2D eigenvalue weighted by molar-refractivity contribution is 7.89. The number of anilines is 2. The Labute approximate surface area is 179 Å². The van der Waals surface area contributed by atoms with E-state index in [9.17, 15) is 13.2 Å². The Morgan fingerprint density at radius 3 is 2.23 bits per heavy atom. The Bertz CT molecular complexity index is 981. The van der Waals surface area contributed by atoms with E-state index in [0.717, 1.165) is 21.1 Å². The molecule has 2 aromatic carbocycles. The summed E-state index contributed by atoms with van der Waals surface area (Å²) in [7, 11) is -2.31. The van der Waals surface area contributed by atoms with E-state index in [-0.39, 0.29) is 17.3 Å². The van der Waals surface area contributed by atoms with E-state index >= 15 is 0 Å². The highest BCUT2D eigenvalue weighted by atomic mass is 32.2. The molecule has 0 radical (unpaired) electrons. The molecule has 0 aliphatic heterocycles. The number of carbonyl (C=O) groups is 1. The fraction of sp³-hybridized carbons (Fsp3) is 0.435. The minimum Gasteiger partial charge on any atom is -0.382 e. The van der Waals surface area contributed by atoms with E-state index in [1.54, 1.807) is 18.2 Å². The summed E-state index contributed by atoms with van der Waals surface area (Å²) < 4.78 is 26.6. The molecule has 0 heterocycles. The Morgan fingerprint density at radius 1 is 0.967 bits per heavy atom. The lowest BCUT2D eigenvalue weighted by atomic mass is 9.95. The molecule has 6 nitrogen and oxygen atoms in total. The van der Waals surface area contributed by atoms with Gasteiger partial charge in [0.15, 0.2) is 0 Å². The second-order valence-electron chi connectivity index (χ2n) is 8.11. The van der Waals surface area contributed by atoms with Gasteiger partial charge >= 0.3 is 0 Å². The molecule has 0 unspecified atom stereocenters. The minimum absolute atomic E-state index is 0.194. The molecule has 0 atom stereocenters. The molecule has 2 N–H and O–H groups in total. The Balaban J connectivity index is 1.57. The number of hydrogen-bond acceptors (Lipinski definition) is 4. The average molecular weight is 430 g/mol. The number of hydrogen-bond donors (Lipinski definition) is 2. The van der Waals surface area contributed by atoms with Gasteiger partial charge < -0.3 is 10.6 Å². The molecule has 0 aromatic heterocycles. The van der Waals surface area contributed by atoms with E-state index in [1.165, 1.54) is 39.2 Å². The van der Waals surface area contributed by atoms with Crippen LogP contribution in [0.2, 0.25) is 0 Å². The third-order valence-electron chi connectivity index (χ3n) is 5.70. The maximum Gasteiger partial charge on any atom is 0.243 e. The third-order valence-corrected chi connectivity index (χ3v) is 7.50.